The highest BCUT2D eigenvalue weighted by molar-refractivity contribution is 5.76. The van der Waals surface area contributed by atoms with Gasteiger partial charge in [-0.1, -0.05) is 0 Å². The smallest absolute Gasteiger partial charge is 0.313 e. The number of nitrogens with zero attached hydrogens (tertiary/aromatic N) is 2. The lowest BCUT2D eigenvalue weighted by molar-refractivity contribution is -0.151. The summed E-state index contributed by atoms with van der Waals surface area (Å²) in [5, 5.41) is 4.24. The standard InChI is InChI=1S/C11H19N3O2/c1-8-5-9(14(3)13-8)6-11(2,7-12)10(15)16-4/h5H,6-7,12H2,1-4H3. The molecule has 0 fully saturated rings. The van der Waals surface area contributed by atoms with Gasteiger partial charge in [-0.15, -0.1) is 0 Å². The summed E-state index contributed by atoms with van der Waals surface area (Å²) in [7, 11) is 3.24. The van der Waals surface area contributed by atoms with Gasteiger partial charge in [0.2, 0.25) is 0 Å². The van der Waals surface area contributed by atoms with E-state index in [0.717, 1.165) is 11.4 Å². The minimum atomic E-state index is -0.686. The number of aryl methyl sites for hydroxylation is 2. The van der Waals surface area contributed by atoms with Crippen molar-refractivity contribution in [2.45, 2.75) is 20.3 Å². The summed E-state index contributed by atoms with van der Waals surface area (Å²) in [4.78, 5) is 11.7. The molecule has 0 amide bonds. The molecule has 1 aromatic rings. The summed E-state index contributed by atoms with van der Waals surface area (Å²) in [5.41, 5.74) is 6.89. The van der Waals surface area contributed by atoms with Crippen LogP contribution in [0.1, 0.15) is 18.3 Å². The van der Waals surface area contributed by atoms with Crippen LogP contribution in [0.4, 0.5) is 0 Å². The van der Waals surface area contributed by atoms with Crippen molar-refractivity contribution in [3.63, 3.8) is 0 Å². The van der Waals surface area contributed by atoms with Crippen molar-refractivity contribution in [3.8, 4) is 0 Å². The highest BCUT2D eigenvalue weighted by Crippen LogP contribution is 2.23. The van der Waals surface area contributed by atoms with E-state index in [1.807, 2.05) is 20.0 Å². The molecule has 5 heteroatoms. The zero-order valence-electron chi connectivity index (χ0n) is 10.3. The van der Waals surface area contributed by atoms with Gasteiger partial charge in [-0.2, -0.15) is 5.10 Å². The number of ether oxygens (including phenoxy) is 1. The molecule has 0 saturated heterocycles. The normalized spacial score (nSPS) is 14.6. The molecule has 16 heavy (non-hydrogen) atoms. The Bertz CT molecular complexity index is 387. The lowest BCUT2D eigenvalue weighted by Crippen LogP contribution is -2.39. The van der Waals surface area contributed by atoms with Crippen molar-refractivity contribution < 1.29 is 9.53 Å². The molecule has 0 bridgehead atoms. The maximum atomic E-state index is 11.7. The number of hydrogen-bond donors (Lipinski definition) is 1. The molecule has 1 aromatic heterocycles. The Labute approximate surface area is 95.6 Å². The Morgan fingerprint density at radius 3 is 2.69 bits per heavy atom. The Morgan fingerprint density at radius 2 is 2.31 bits per heavy atom. The number of carbonyl (C=O) groups excluding carboxylic acids is 1. The third-order valence-corrected chi connectivity index (χ3v) is 2.80. The monoisotopic (exact) mass is 225 g/mol. The molecule has 1 rings (SSSR count). The van der Waals surface area contributed by atoms with Gasteiger partial charge in [0.1, 0.15) is 0 Å². The SMILES string of the molecule is COC(=O)C(C)(CN)Cc1cc(C)nn1C. The first-order chi connectivity index (χ1) is 7.42. The molecule has 0 saturated carbocycles. The van der Waals surface area contributed by atoms with Crippen LogP contribution in [0.25, 0.3) is 0 Å². The average Bonchev–Trinajstić information content (AvgIpc) is 2.55. The third kappa shape index (κ3) is 2.41. The van der Waals surface area contributed by atoms with Crippen molar-refractivity contribution in [3.05, 3.63) is 17.5 Å². The van der Waals surface area contributed by atoms with E-state index in [4.69, 9.17) is 10.5 Å². The number of aromatic nitrogens is 2. The summed E-state index contributed by atoms with van der Waals surface area (Å²) in [6.45, 7) is 3.98. The Balaban J connectivity index is 2.93. The van der Waals surface area contributed by atoms with Crippen LogP contribution in [-0.4, -0.2) is 29.4 Å². The number of rotatable bonds is 4. The molecule has 1 heterocycles. The summed E-state index contributed by atoms with van der Waals surface area (Å²) in [6, 6.07) is 1.96. The van der Waals surface area contributed by atoms with E-state index in [9.17, 15) is 4.79 Å². The molecule has 2 N–H and O–H groups in total. The lowest BCUT2D eigenvalue weighted by atomic mass is 9.85. The minimum Gasteiger partial charge on any atom is -0.469 e. The van der Waals surface area contributed by atoms with Crippen LogP contribution in [0, 0.1) is 12.3 Å². The van der Waals surface area contributed by atoms with Crippen molar-refractivity contribution >= 4 is 5.97 Å². The number of esters is 1. The summed E-state index contributed by atoms with van der Waals surface area (Å²) in [5.74, 6) is -0.283. The highest BCUT2D eigenvalue weighted by Gasteiger charge is 2.34. The Morgan fingerprint density at radius 1 is 1.69 bits per heavy atom. The van der Waals surface area contributed by atoms with E-state index in [0.29, 0.717) is 6.42 Å². The highest BCUT2D eigenvalue weighted by atomic mass is 16.5. The molecule has 0 radical (unpaired) electrons. The summed E-state index contributed by atoms with van der Waals surface area (Å²) < 4.78 is 6.55. The predicted molar refractivity (Wildman–Crippen MR) is 60.8 cm³/mol. The van der Waals surface area contributed by atoms with E-state index in [1.165, 1.54) is 7.11 Å². The van der Waals surface area contributed by atoms with Crippen LogP contribution in [0.3, 0.4) is 0 Å². The fourth-order valence-corrected chi connectivity index (χ4v) is 1.70. The summed E-state index contributed by atoms with van der Waals surface area (Å²) in [6.07, 6.45) is 0.535. The van der Waals surface area contributed by atoms with E-state index in [2.05, 4.69) is 5.10 Å². The first kappa shape index (κ1) is 12.7. The van der Waals surface area contributed by atoms with Crippen LogP contribution >= 0.6 is 0 Å². The van der Waals surface area contributed by atoms with Crippen LogP contribution < -0.4 is 5.73 Å². The zero-order chi connectivity index (χ0) is 12.3. The zero-order valence-corrected chi connectivity index (χ0v) is 10.3. The van der Waals surface area contributed by atoms with Gasteiger partial charge in [-0.3, -0.25) is 9.48 Å². The first-order valence-corrected chi connectivity index (χ1v) is 5.21. The molecule has 90 valence electrons. The summed E-state index contributed by atoms with van der Waals surface area (Å²) >= 11 is 0. The number of nitrogens with two attached hydrogens (primary N) is 1. The molecule has 0 spiro atoms. The van der Waals surface area contributed by atoms with Gasteiger partial charge in [0.25, 0.3) is 0 Å². The molecule has 5 nitrogen and oxygen atoms in total. The quantitative estimate of drug-likeness (QED) is 0.753. The maximum absolute atomic E-state index is 11.7. The third-order valence-electron chi connectivity index (χ3n) is 2.80. The van der Waals surface area contributed by atoms with Crippen LogP contribution in [0.5, 0.6) is 0 Å². The Hall–Kier alpha value is -1.36. The topological polar surface area (TPSA) is 70.1 Å². The molecule has 0 aromatic carbocycles. The van der Waals surface area contributed by atoms with Crippen LogP contribution in [0.2, 0.25) is 0 Å². The number of carbonyl (C=O) groups is 1. The fraction of sp³-hybridized carbons (Fsp3) is 0.636. The molecule has 1 unspecified atom stereocenters. The molecular formula is C11H19N3O2. The minimum absolute atomic E-state index is 0.254. The first-order valence-electron chi connectivity index (χ1n) is 5.21. The predicted octanol–water partition coefficient (Wildman–Crippen LogP) is 0.409. The average molecular weight is 225 g/mol. The van der Waals surface area contributed by atoms with Gasteiger partial charge in [-0.05, 0) is 19.9 Å². The van der Waals surface area contributed by atoms with E-state index >= 15 is 0 Å². The van der Waals surface area contributed by atoms with Crippen LogP contribution in [-0.2, 0) is 23.0 Å². The largest absolute Gasteiger partial charge is 0.469 e. The van der Waals surface area contributed by atoms with E-state index in [1.54, 1.807) is 11.6 Å². The Kier molecular flexibility index (Phi) is 3.70. The van der Waals surface area contributed by atoms with Gasteiger partial charge in [0.05, 0.1) is 18.2 Å². The number of hydrogen-bond acceptors (Lipinski definition) is 4. The van der Waals surface area contributed by atoms with E-state index < -0.39 is 5.41 Å². The molecule has 0 aliphatic carbocycles. The van der Waals surface area contributed by atoms with Gasteiger partial charge in [-0.25, -0.2) is 0 Å². The molecular weight excluding hydrogens is 206 g/mol. The van der Waals surface area contributed by atoms with E-state index in [-0.39, 0.29) is 12.5 Å². The van der Waals surface area contributed by atoms with Gasteiger partial charge >= 0.3 is 5.97 Å². The number of methoxy groups -OCH3 is 1. The second-order valence-corrected chi connectivity index (χ2v) is 4.33. The fourth-order valence-electron chi connectivity index (χ4n) is 1.70. The molecule has 1 atom stereocenters. The second kappa shape index (κ2) is 4.65. The lowest BCUT2D eigenvalue weighted by Gasteiger charge is -2.24. The van der Waals surface area contributed by atoms with Crippen molar-refractivity contribution in [2.24, 2.45) is 18.2 Å². The van der Waals surface area contributed by atoms with Gasteiger partial charge < -0.3 is 10.5 Å². The van der Waals surface area contributed by atoms with Crippen LogP contribution in [0.15, 0.2) is 6.07 Å². The van der Waals surface area contributed by atoms with Gasteiger partial charge in [0.15, 0.2) is 0 Å². The van der Waals surface area contributed by atoms with Crippen molar-refractivity contribution in [2.75, 3.05) is 13.7 Å². The van der Waals surface area contributed by atoms with Gasteiger partial charge in [0, 0.05) is 25.7 Å². The second-order valence-electron chi connectivity index (χ2n) is 4.33. The van der Waals surface area contributed by atoms with Crippen molar-refractivity contribution in [1.29, 1.82) is 0 Å². The molecule has 0 aliphatic heterocycles. The maximum Gasteiger partial charge on any atom is 0.313 e. The van der Waals surface area contributed by atoms with Crippen molar-refractivity contribution in [1.82, 2.24) is 9.78 Å². The molecule has 0 aliphatic rings.